The smallest absolute Gasteiger partial charge is 0.338 e. The number of carbonyl (C=O) groups excluding carboxylic acids is 8. The van der Waals surface area contributed by atoms with Crippen molar-refractivity contribution in [2.45, 2.75) is 151 Å². The number of rotatable bonds is 16. The topological polar surface area (TPSA) is 373 Å². The zero-order valence-corrected chi connectivity index (χ0v) is 45.2. The van der Waals surface area contributed by atoms with Crippen molar-refractivity contribution in [1.82, 2.24) is 10.6 Å². The van der Waals surface area contributed by atoms with Crippen molar-refractivity contribution in [1.29, 1.82) is 0 Å². The van der Waals surface area contributed by atoms with Crippen LogP contribution in [0.25, 0.3) is 0 Å². The number of fused-ring (bicyclic) bond motifs is 5. The third kappa shape index (κ3) is 11.1. The summed E-state index contributed by atoms with van der Waals surface area (Å²) in [6.07, 6.45) is -20.1. The minimum atomic E-state index is -2.62. The van der Waals surface area contributed by atoms with Gasteiger partial charge in [-0.15, -0.1) is 0 Å². The highest BCUT2D eigenvalue weighted by Gasteiger charge is 2.79. The summed E-state index contributed by atoms with van der Waals surface area (Å²) in [4.78, 5) is 114. The Morgan fingerprint density at radius 3 is 1.98 bits per heavy atom. The number of Topliss-reactive ketones (excluding diaryl/α,β-unsaturated/α-hetero) is 1. The second kappa shape index (κ2) is 23.5. The molecule has 3 aromatic carbocycles. The van der Waals surface area contributed by atoms with Crippen molar-refractivity contribution in [3.05, 3.63) is 119 Å². The maximum atomic E-state index is 16.4. The SMILES string of the molecule is CC(=O)O[C@H]1C(=O)[C@@]2(C)C(C(OC(=O)c3ccccc3)[C@]3(O)C[C@H](OC(=O)[C@H](O)[C@@H](NC(=O)c4ccccc4)c4ccccc4)C(C)=C1C3(C)C)[C@]1(OC(C)=O)CO[C@@H]1C[C@@H]2OC(=O)C(N)CC(=O)N[C@H]1[C@H](O)[C@@H](CO)OC(O)[C@@H]1O. The lowest BCUT2D eigenvalue weighted by molar-refractivity contribution is -0.346. The number of aliphatic hydroxyl groups excluding tert-OH is 5. The summed E-state index contributed by atoms with van der Waals surface area (Å²) in [5.41, 5.74) is -2.31. The number of hydrogen-bond donors (Lipinski definition) is 9. The average Bonchev–Trinajstić information content (AvgIpc) is 0.879. The van der Waals surface area contributed by atoms with Crippen LogP contribution in [0, 0.1) is 16.7 Å². The van der Waals surface area contributed by atoms with Gasteiger partial charge in [0.05, 0.1) is 48.6 Å². The molecule has 436 valence electrons. The molecule has 5 aliphatic rings. The van der Waals surface area contributed by atoms with Gasteiger partial charge in [0.1, 0.15) is 54.4 Å². The lowest BCUT2D eigenvalue weighted by atomic mass is 9.44. The third-order valence-corrected chi connectivity index (χ3v) is 16.6. The molecule has 4 fully saturated rings. The second-order valence-corrected chi connectivity index (χ2v) is 21.9. The molecular weight excluding hydrogens is 1060 g/mol. The van der Waals surface area contributed by atoms with Gasteiger partial charge in [-0.3, -0.25) is 28.8 Å². The quantitative estimate of drug-likeness (QED) is 0.0514. The zero-order chi connectivity index (χ0) is 59.1. The van der Waals surface area contributed by atoms with Gasteiger partial charge in [-0.25, -0.2) is 9.59 Å². The summed E-state index contributed by atoms with van der Waals surface area (Å²) in [6.45, 7) is 6.40. The summed E-state index contributed by atoms with van der Waals surface area (Å²) in [5, 5.41) is 72.1. The number of ketones is 1. The molecule has 17 atom stereocenters. The zero-order valence-electron chi connectivity index (χ0n) is 45.2. The standard InChI is InChI=1S/C57H67N3O21/c1-27-34(77-52(72)43(66)40(30-16-10-7-11-17-30)60-49(69)31-18-12-8-13-19-31)24-57(74)48(80-50(70)32-20-14-9-15-21-32)46-55(6,47(68)45(76-28(2)62)39(27)54(57,4)5)36(23-37-56(46,26-75-37)81-29(3)63)79-51(71)33(58)22-38(64)59-41-42(65)35(25-61)78-53(73)44(41)67/h7-21,33-37,40-46,48,53,61,65-67,73-74H,22-26,58H2,1-6H3,(H,59,64)(H,60,69)/t33?,34-,35+,36-,37+,40-,41-,42+,43+,44+,45+,46?,48?,53?,55+,56-,57+/m0/s1. The minimum Gasteiger partial charge on any atom is -0.460 e. The van der Waals surface area contributed by atoms with Crippen LogP contribution in [-0.4, -0.2) is 176 Å². The number of nitrogens with one attached hydrogen (secondary N) is 2. The molecule has 2 bridgehead atoms. The van der Waals surface area contributed by atoms with Crippen molar-refractivity contribution < 1.29 is 102 Å². The molecule has 81 heavy (non-hydrogen) atoms. The van der Waals surface area contributed by atoms with E-state index in [1.54, 1.807) is 54.6 Å². The molecule has 2 heterocycles. The predicted molar refractivity (Wildman–Crippen MR) is 276 cm³/mol. The van der Waals surface area contributed by atoms with E-state index in [2.05, 4.69) is 10.6 Å². The fourth-order valence-corrected chi connectivity index (χ4v) is 12.4. The van der Waals surface area contributed by atoms with E-state index in [0.717, 1.165) is 13.8 Å². The van der Waals surface area contributed by atoms with Gasteiger partial charge in [0.2, 0.25) is 5.91 Å². The summed E-state index contributed by atoms with van der Waals surface area (Å²) < 4.78 is 42.0. The molecule has 3 aromatic rings. The van der Waals surface area contributed by atoms with E-state index < -0.39 is 187 Å². The van der Waals surface area contributed by atoms with Crippen LogP contribution in [-0.2, 0) is 61.9 Å². The third-order valence-electron chi connectivity index (χ3n) is 16.6. The van der Waals surface area contributed by atoms with E-state index in [-0.39, 0.29) is 22.3 Å². The summed E-state index contributed by atoms with van der Waals surface area (Å²) in [7, 11) is 0. The number of ether oxygens (including phenoxy) is 7. The minimum absolute atomic E-state index is 0.0270. The number of esters is 5. The van der Waals surface area contributed by atoms with Gasteiger partial charge in [-0.1, -0.05) is 80.6 Å². The Morgan fingerprint density at radius 2 is 1.41 bits per heavy atom. The van der Waals surface area contributed by atoms with E-state index in [9.17, 15) is 64.2 Å². The molecule has 4 unspecified atom stereocenters. The highest BCUT2D eigenvalue weighted by Crippen LogP contribution is 2.65. The molecule has 2 saturated heterocycles. The number of benzene rings is 3. The highest BCUT2D eigenvalue weighted by atomic mass is 16.6. The molecule has 24 heteroatoms. The van der Waals surface area contributed by atoms with Gasteiger partial charge in [0.25, 0.3) is 5.91 Å². The molecule has 3 aliphatic carbocycles. The van der Waals surface area contributed by atoms with Gasteiger partial charge in [0, 0.05) is 37.7 Å². The first-order valence-electron chi connectivity index (χ1n) is 26.3. The lowest BCUT2D eigenvalue weighted by Crippen LogP contribution is -2.82. The van der Waals surface area contributed by atoms with Crippen LogP contribution in [0.3, 0.4) is 0 Å². The van der Waals surface area contributed by atoms with E-state index in [1.807, 2.05) is 0 Å². The summed E-state index contributed by atoms with van der Waals surface area (Å²) in [6, 6.07) is 18.6. The van der Waals surface area contributed by atoms with Gasteiger partial charge in [0.15, 0.2) is 29.9 Å². The van der Waals surface area contributed by atoms with Crippen LogP contribution < -0.4 is 16.4 Å². The van der Waals surface area contributed by atoms with Gasteiger partial charge < -0.3 is 80.2 Å². The van der Waals surface area contributed by atoms with E-state index >= 15 is 4.79 Å². The van der Waals surface area contributed by atoms with E-state index in [4.69, 9.17) is 38.9 Å². The molecule has 0 radical (unpaired) electrons. The van der Waals surface area contributed by atoms with Crippen LogP contribution in [0.1, 0.15) is 93.1 Å². The maximum absolute atomic E-state index is 16.4. The number of aliphatic hydroxyl groups is 6. The fraction of sp³-hybridized carbons (Fsp3) is 0.509. The molecule has 2 amide bonds. The molecule has 2 saturated carbocycles. The van der Waals surface area contributed by atoms with Gasteiger partial charge in [-0.05, 0) is 54.8 Å². The molecule has 2 aliphatic heterocycles. The first-order valence-corrected chi connectivity index (χ1v) is 26.3. The number of hydrogen-bond acceptors (Lipinski definition) is 22. The Bertz CT molecular complexity index is 2930. The molecule has 0 aromatic heterocycles. The van der Waals surface area contributed by atoms with Gasteiger partial charge >= 0.3 is 29.8 Å². The van der Waals surface area contributed by atoms with Crippen LogP contribution in [0.4, 0.5) is 0 Å². The Balaban J connectivity index is 1.24. The first-order chi connectivity index (χ1) is 38.2. The Kier molecular flexibility index (Phi) is 17.4. The van der Waals surface area contributed by atoms with E-state index in [1.165, 1.54) is 64.1 Å². The monoisotopic (exact) mass is 1130 g/mol. The number of nitrogens with two attached hydrogens (primary N) is 1. The largest absolute Gasteiger partial charge is 0.460 e. The lowest BCUT2D eigenvalue weighted by Gasteiger charge is -2.67. The number of amides is 2. The molecule has 24 nitrogen and oxygen atoms in total. The predicted octanol–water partition coefficient (Wildman–Crippen LogP) is -0.0799. The second-order valence-electron chi connectivity index (χ2n) is 21.9. The highest BCUT2D eigenvalue weighted by molar-refractivity contribution is 5.97. The summed E-state index contributed by atoms with van der Waals surface area (Å²) >= 11 is 0. The molecular formula is C57H67N3O21. The van der Waals surface area contributed by atoms with Crippen LogP contribution in [0.15, 0.2) is 102 Å². The van der Waals surface area contributed by atoms with Crippen LogP contribution in [0.2, 0.25) is 0 Å². The van der Waals surface area contributed by atoms with Crippen LogP contribution >= 0.6 is 0 Å². The molecule has 8 rings (SSSR count). The van der Waals surface area contributed by atoms with Crippen molar-refractivity contribution >= 4 is 47.4 Å². The van der Waals surface area contributed by atoms with Crippen molar-refractivity contribution in [2.75, 3.05) is 13.2 Å². The number of carbonyl (C=O) groups is 8. The van der Waals surface area contributed by atoms with Gasteiger partial charge in [-0.2, -0.15) is 0 Å². The van der Waals surface area contributed by atoms with E-state index in [0.29, 0.717) is 5.56 Å². The normalized spacial score (nSPS) is 33.1. The Labute approximate surface area is 464 Å². The molecule has 0 spiro atoms. The maximum Gasteiger partial charge on any atom is 0.338 e. The van der Waals surface area contributed by atoms with Crippen molar-refractivity contribution in [2.24, 2.45) is 22.5 Å². The summed E-state index contributed by atoms with van der Waals surface area (Å²) in [5.74, 6) is -10.3. The van der Waals surface area contributed by atoms with Crippen molar-refractivity contribution in [3.8, 4) is 0 Å². The fourth-order valence-electron chi connectivity index (χ4n) is 12.4. The molecule has 10 N–H and O–H groups in total. The first kappa shape index (κ1) is 60.1. The van der Waals surface area contributed by atoms with Crippen molar-refractivity contribution in [3.63, 3.8) is 0 Å². The Morgan fingerprint density at radius 1 is 0.802 bits per heavy atom. The Hall–Kier alpha value is -7.00. The average molecular weight is 1130 g/mol. The van der Waals surface area contributed by atoms with Crippen LogP contribution in [0.5, 0.6) is 0 Å².